The van der Waals surface area contributed by atoms with Crippen molar-refractivity contribution in [3.8, 4) is 5.69 Å². The van der Waals surface area contributed by atoms with Crippen molar-refractivity contribution in [3.05, 3.63) is 41.4 Å². The van der Waals surface area contributed by atoms with Crippen LogP contribution in [0.15, 0.2) is 30.9 Å². The summed E-state index contributed by atoms with van der Waals surface area (Å²) in [7, 11) is 0. The first-order chi connectivity index (χ1) is 10.6. The second-order valence-electron chi connectivity index (χ2n) is 7.61. The van der Waals surface area contributed by atoms with Crippen LogP contribution in [0.1, 0.15) is 51.4 Å². The molecule has 0 saturated heterocycles. The number of carbonyl (C=O) groups excluding carboxylic acids is 1. The van der Waals surface area contributed by atoms with E-state index in [9.17, 15) is 4.79 Å². The number of hydrogen-bond donors (Lipinski definition) is 1. The van der Waals surface area contributed by atoms with Crippen LogP contribution in [-0.2, 0) is 0 Å². The molecule has 0 atom stereocenters. The molecule has 1 amide bonds. The first-order valence-electron chi connectivity index (χ1n) is 7.54. The van der Waals surface area contributed by atoms with Crippen LogP contribution in [0.25, 0.3) is 5.69 Å². The van der Waals surface area contributed by atoms with Crippen LogP contribution in [0.4, 0.5) is 0 Å². The lowest BCUT2D eigenvalue weighted by Gasteiger charge is -2.33. The van der Waals surface area contributed by atoms with Gasteiger partial charge in [-0.05, 0) is 43.9 Å². The van der Waals surface area contributed by atoms with Crippen LogP contribution in [0.3, 0.4) is 0 Å². The van der Waals surface area contributed by atoms with Gasteiger partial charge in [-0.3, -0.25) is 9.36 Å². The number of amides is 1. The Morgan fingerprint density at radius 3 is 2.35 bits per heavy atom. The number of benzene rings is 1. The molecule has 0 saturated carbocycles. The van der Waals surface area contributed by atoms with Crippen molar-refractivity contribution in [2.45, 2.75) is 46.6 Å². The first kappa shape index (κ1) is 17.5. The van der Waals surface area contributed by atoms with E-state index < -0.39 is 0 Å². The summed E-state index contributed by atoms with van der Waals surface area (Å²) in [5.41, 5.74) is 1.02. The van der Waals surface area contributed by atoms with E-state index in [1.54, 1.807) is 29.4 Å². The number of nitrogens with zero attached hydrogens (tertiary/aromatic N) is 3. The third-order valence-corrected chi connectivity index (χ3v) is 3.67. The lowest BCUT2D eigenvalue weighted by Crippen LogP contribution is -2.45. The summed E-state index contributed by atoms with van der Waals surface area (Å²) in [6, 6.07) is 5.28. The Morgan fingerprint density at radius 2 is 1.78 bits per heavy atom. The minimum Gasteiger partial charge on any atom is -0.347 e. The maximum Gasteiger partial charge on any atom is 0.253 e. The summed E-state index contributed by atoms with van der Waals surface area (Å²) in [5, 5.41) is 11.0. The Labute approximate surface area is 142 Å². The van der Waals surface area contributed by atoms with Gasteiger partial charge >= 0.3 is 0 Å². The summed E-state index contributed by atoms with van der Waals surface area (Å²) in [6.07, 6.45) is 4.01. The zero-order valence-electron chi connectivity index (χ0n) is 14.2. The molecule has 6 heteroatoms. The van der Waals surface area contributed by atoms with Crippen molar-refractivity contribution < 1.29 is 4.79 Å². The zero-order valence-corrected chi connectivity index (χ0v) is 15.0. The fraction of sp³-hybridized carbons (Fsp3) is 0.471. The predicted molar refractivity (Wildman–Crippen MR) is 92.0 cm³/mol. The van der Waals surface area contributed by atoms with Crippen molar-refractivity contribution >= 4 is 17.5 Å². The monoisotopic (exact) mass is 334 g/mol. The van der Waals surface area contributed by atoms with Gasteiger partial charge in [0.2, 0.25) is 0 Å². The van der Waals surface area contributed by atoms with E-state index >= 15 is 0 Å². The molecule has 2 rings (SSSR count). The molecule has 0 aliphatic heterocycles. The van der Waals surface area contributed by atoms with Gasteiger partial charge in [-0.25, -0.2) is 0 Å². The standard InChI is InChI=1S/C17H23ClN4O/c1-16(2,3)9-17(4,5)21-15(23)13-8-12(6-7-14(13)18)22-10-19-20-11-22/h6-8,10-11H,9H2,1-5H3,(H,21,23). The minimum absolute atomic E-state index is 0.116. The molecule has 0 radical (unpaired) electrons. The molecule has 1 heterocycles. The highest BCUT2D eigenvalue weighted by Gasteiger charge is 2.28. The van der Waals surface area contributed by atoms with Crippen molar-refractivity contribution in [1.82, 2.24) is 20.1 Å². The maximum atomic E-state index is 12.7. The zero-order chi connectivity index (χ0) is 17.3. The van der Waals surface area contributed by atoms with E-state index in [2.05, 4.69) is 36.3 Å². The molecule has 0 fully saturated rings. The summed E-state index contributed by atoms with van der Waals surface area (Å²) < 4.78 is 1.73. The first-order valence-corrected chi connectivity index (χ1v) is 7.92. The molecule has 1 aromatic carbocycles. The topological polar surface area (TPSA) is 59.8 Å². The van der Waals surface area contributed by atoms with Crippen molar-refractivity contribution in [2.24, 2.45) is 5.41 Å². The fourth-order valence-corrected chi connectivity index (χ4v) is 3.13. The summed E-state index contributed by atoms with van der Waals surface area (Å²) in [6.45, 7) is 10.5. The Morgan fingerprint density at radius 1 is 1.17 bits per heavy atom. The number of carbonyl (C=O) groups is 1. The highest BCUT2D eigenvalue weighted by atomic mass is 35.5. The average Bonchev–Trinajstić information content (AvgIpc) is 2.89. The fourth-order valence-electron chi connectivity index (χ4n) is 2.93. The van der Waals surface area contributed by atoms with Crippen LogP contribution in [0, 0.1) is 5.41 Å². The quantitative estimate of drug-likeness (QED) is 0.923. The van der Waals surface area contributed by atoms with Gasteiger partial charge in [-0.2, -0.15) is 0 Å². The molecule has 23 heavy (non-hydrogen) atoms. The van der Waals surface area contributed by atoms with Gasteiger partial charge in [-0.15, -0.1) is 10.2 Å². The molecule has 0 bridgehead atoms. The third kappa shape index (κ3) is 4.79. The number of halogens is 1. The molecule has 0 unspecified atom stereocenters. The minimum atomic E-state index is -0.328. The SMILES string of the molecule is CC(C)(C)CC(C)(C)NC(=O)c1cc(-n2cnnc2)ccc1Cl. The molecule has 0 aliphatic carbocycles. The maximum absolute atomic E-state index is 12.7. The second kappa shape index (κ2) is 6.32. The molecule has 124 valence electrons. The summed E-state index contributed by atoms with van der Waals surface area (Å²) >= 11 is 6.21. The number of nitrogens with one attached hydrogen (secondary N) is 1. The summed E-state index contributed by atoms with van der Waals surface area (Å²) in [4.78, 5) is 12.7. The van der Waals surface area contributed by atoms with Gasteiger partial charge in [-0.1, -0.05) is 32.4 Å². The smallest absolute Gasteiger partial charge is 0.253 e. The lowest BCUT2D eigenvalue weighted by atomic mass is 9.81. The number of aromatic nitrogens is 3. The molecule has 0 aliphatic rings. The van der Waals surface area contributed by atoms with Gasteiger partial charge in [0.25, 0.3) is 5.91 Å². The molecule has 0 spiro atoms. The van der Waals surface area contributed by atoms with Crippen molar-refractivity contribution in [2.75, 3.05) is 0 Å². The van der Waals surface area contributed by atoms with Crippen LogP contribution < -0.4 is 5.32 Å². The Kier molecular flexibility index (Phi) is 4.80. The predicted octanol–water partition coefficient (Wildman–Crippen LogP) is 3.87. The van der Waals surface area contributed by atoms with Gasteiger partial charge < -0.3 is 5.32 Å². The Bertz CT molecular complexity index is 687. The van der Waals surface area contributed by atoms with Gasteiger partial charge in [0.15, 0.2) is 0 Å². The van der Waals surface area contributed by atoms with E-state index in [4.69, 9.17) is 11.6 Å². The second-order valence-corrected chi connectivity index (χ2v) is 8.02. The van der Waals surface area contributed by atoms with E-state index in [1.165, 1.54) is 0 Å². The molecule has 5 nitrogen and oxygen atoms in total. The van der Waals surface area contributed by atoms with Gasteiger partial charge in [0, 0.05) is 11.2 Å². The molecule has 1 N–H and O–H groups in total. The van der Waals surface area contributed by atoms with Gasteiger partial charge in [0.05, 0.1) is 10.6 Å². The molecule has 1 aromatic heterocycles. The van der Waals surface area contributed by atoms with Crippen LogP contribution in [0.5, 0.6) is 0 Å². The third-order valence-electron chi connectivity index (χ3n) is 3.34. The summed E-state index contributed by atoms with van der Waals surface area (Å²) in [5.74, 6) is -0.181. The largest absolute Gasteiger partial charge is 0.347 e. The van der Waals surface area contributed by atoms with Gasteiger partial charge in [0.1, 0.15) is 12.7 Å². The molecule has 2 aromatic rings. The average molecular weight is 335 g/mol. The normalized spacial score (nSPS) is 12.3. The van der Waals surface area contributed by atoms with E-state index in [-0.39, 0.29) is 16.9 Å². The Hall–Kier alpha value is -1.88. The van der Waals surface area contributed by atoms with Crippen molar-refractivity contribution in [1.29, 1.82) is 0 Å². The highest BCUT2D eigenvalue weighted by Crippen LogP contribution is 2.28. The van der Waals surface area contributed by atoms with Crippen LogP contribution >= 0.6 is 11.6 Å². The van der Waals surface area contributed by atoms with Crippen molar-refractivity contribution in [3.63, 3.8) is 0 Å². The highest BCUT2D eigenvalue weighted by molar-refractivity contribution is 6.33. The van der Waals surface area contributed by atoms with E-state index in [1.807, 2.05) is 19.9 Å². The van der Waals surface area contributed by atoms with Crippen LogP contribution in [-0.4, -0.2) is 26.2 Å². The van der Waals surface area contributed by atoms with Crippen LogP contribution in [0.2, 0.25) is 5.02 Å². The molecular formula is C17H23ClN4O. The Balaban J connectivity index is 2.24. The number of rotatable bonds is 4. The number of hydrogen-bond acceptors (Lipinski definition) is 3. The van der Waals surface area contributed by atoms with E-state index in [0.717, 1.165) is 12.1 Å². The molecular weight excluding hydrogens is 312 g/mol. The van der Waals surface area contributed by atoms with E-state index in [0.29, 0.717) is 10.6 Å². The lowest BCUT2D eigenvalue weighted by molar-refractivity contribution is 0.0891.